The molecule has 232 valence electrons. The number of Topliss-reactive ketones (excluding diaryl/α,β-unsaturated/α-hetero) is 1. The van der Waals surface area contributed by atoms with Gasteiger partial charge in [-0.2, -0.15) is 0 Å². The third-order valence-electron chi connectivity index (χ3n) is 7.91. The van der Waals surface area contributed by atoms with Crippen LogP contribution < -0.4 is 33.2 Å². The first-order chi connectivity index (χ1) is 21.2. The normalized spacial score (nSPS) is 19.2. The summed E-state index contributed by atoms with van der Waals surface area (Å²) in [6.45, 7) is 4.58. The molecule has 0 bridgehead atoms. The van der Waals surface area contributed by atoms with Crippen molar-refractivity contribution in [3.63, 3.8) is 0 Å². The molecule has 6 rings (SSSR count). The lowest BCUT2D eigenvalue weighted by Gasteiger charge is -2.37. The molecular weight excluding hydrogens is 568 g/mol. The number of ether oxygens (including phenoxy) is 7. The van der Waals surface area contributed by atoms with Crippen molar-refractivity contribution in [3.05, 3.63) is 70.8 Å². The van der Waals surface area contributed by atoms with Crippen molar-refractivity contribution < 1.29 is 47.9 Å². The molecule has 1 N–H and O–H groups in total. The SMILES string of the molecule is COc1cc2c(cc1OC)C1C(=O)c3ccc4c(c3OC1CO2)CC(C(C)C)O4.COc1ccc(C=CC(=O)O)cc1OC. The minimum Gasteiger partial charge on any atom is -0.493 e. The average molecular weight is 605 g/mol. The standard InChI is InChI=1S/C23H24O6.C11H12O4/c1-11(2)16-8-14-15(28-16)6-5-12-22(24)21-13-7-18(25-3)19(26-4)9-17(13)27-10-20(21)29-23(12)14;1-14-9-5-3-8(4-6-11(12)13)7-10(9)15-2/h5-7,9,11,16,20-21H,8,10H2,1-4H3;3-7H,1-2H3,(H,12,13). The van der Waals surface area contributed by atoms with E-state index in [2.05, 4.69) is 13.8 Å². The molecule has 3 aromatic carbocycles. The van der Waals surface area contributed by atoms with Crippen molar-refractivity contribution in [2.75, 3.05) is 35.0 Å². The Labute approximate surface area is 256 Å². The summed E-state index contributed by atoms with van der Waals surface area (Å²) >= 11 is 0. The molecule has 3 unspecified atom stereocenters. The fourth-order valence-corrected chi connectivity index (χ4v) is 5.59. The van der Waals surface area contributed by atoms with Crippen molar-refractivity contribution in [2.24, 2.45) is 5.92 Å². The monoisotopic (exact) mass is 604 g/mol. The second-order valence-corrected chi connectivity index (χ2v) is 10.9. The van der Waals surface area contributed by atoms with E-state index in [1.807, 2.05) is 18.2 Å². The summed E-state index contributed by atoms with van der Waals surface area (Å²) in [5.41, 5.74) is 3.12. The number of fused-ring (bicyclic) bond motifs is 6. The first kappa shape index (κ1) is 30.6. The fourth-order valence-electron chi connectivity index (χ4n) is 5.59. The Balaban J connectivity index is 0.000000217. The highest BCUT2D eigenvalue weighted by atomic mass is 16.5. The van der Waals surface area contributed by atoms with E-state index < -0.39 is 11.9 Å². The highest BCUT2D eigenvalue weighted by Crippen LogP contribution is 2.50. The smallest absolute Gasteiger partial charge is 0.328 e. The highest BCUT2D eigenvalue weighted by molar-refractivity contribution is 6.06. The second-order valence-electron chi connectivity index (χ2n) is 10.9. The number of carboxylic acids is 1. The van der Waals surface area contributed by atoms with Crippen LogP contribution in [0.1, 0.15) is 46.8 Å². The van der Waals surface area contributed by atoms with E-state index in [9.17, 15) is 9.59 Å². The molecule has 0 saturated carbocycles. The molecule has 3 heterocycles. The maximum atomic E-state index is 13.5. The Morgan fingerprint density at radius 3 is 2.23 bits per heavy atom. The number of benzene rings is 3. The zero-order valence-electron chi connectivity index (χ0n) is 25.5. The summed E-state index contributed by atoms with van der Waals surface area (Å²) in [6.07, 6.45) is 3.03. The first-order valence-corrected chi connectivity index (χ1v) is 14.2. The van der Waals surface area contributed by atoms with Gasteiger partial charge in [0.05, 0.1) is 39.9 Å². The van der Waals surface area contributed by atoms with Crippen molar-refractivity contribution in [1.82, 2.24) is 0 Å². The van der Waals surface area contributed by atoms with Gasteiger partial charge in [0.2, 0.25) is 0 Å². The van der Waals surface area contributed by atoms with Gasteiger partial charge in [-0.15, -0.1) is 0 Å². The minimum atomic E-state index is -0.982. The Hall–Kier alpha value is -4.86. The number of carbonyl (C=O) groups excluding carboxylic acids is 1. The van der Waals surface area contributed by atoms with Gasteiger partial charge in [-0.25, -0.2) is 4.79 Å². The summed E-state index contributed by atoms with van der Waals surface area (Å²) in [5, 5.41) is 8.46. The van der Waals surface area contributed by atoms with Gasteiger partial charge in [0.25, 0.3) is 0 Å². The molecule has 3 aliphatic rings. The number of methoxy groups -OCH3 is 4. The lowest BCUT2D eigenvalue weighted by atomic mass is 9.81. The molecule has 0 amide bonds. The molecule has 3 aliphatic heterocycles. The lowest BCUT2D eigenvalue weighted by Crippen LogP contribution is -2.43. The van der Waals surface area contributed by atoms with Gasteiger partial charge in [0, 0.05) is 29.7 Å². The molecule has 0 aliphatic carbocycles. The molecule has 10 nitrogen and oxygen atoms in total. The van der Waals surface area contributed by atoms with E-state index in [0.29, 0.717) is 52.6 Å². The van der Waals surface area contributed by atoms with Gasteiger partial charge >= 0.3 is 5.97 Å². The molecule has 0 aromatic heterocycles. The summed E-state index contributed by atoms with van der Waals surface area (Å²) in [5.74, 6) is 3.45. The molecule has 0 radical (unpaired) electrons. The molecule has 0 saturated heterocycles. The van der Waals surface area contributed by atoms with Gasteiger partial charge in [-0.3, -0.25) is 4.79 Å². The third kappa shape index (κ3) is 5.84. The van der Waals surface area contributed by atoms with Crippen LogP contribution >= 0.6 is 0 Å². The number of aliphatic carboxylic acids is 1. The zero-order valence-corrected chi connectivity index (χ0v) is 25.5. The molecule has 3 atom stereocenters. The molecule has 44 heavy (non-hydrogen) atoms. The minimum absolute atomic E-state index is 0.0452. The summed E-state index contributed by atoms with van der Waals surface area (Å²) < 4.78 is 39.3. The van der Waals surface area contributed by atoms with Crippen LogP contribution in [-0.2, 0) is 11.2 Å². The topological polar surface area (TPSA) is 119 Å². The van der Waals surface area contributed by atoms with E-state index in [4.69, 9.17) is 38.3 Å². The number of hydrogen-bond acceptors (Lipinski definition) is 9. The fraction of sp³-hybridized carbons (Fsp3) is 0.353. The van der Waals surface area contributed by atoms with Crippen LogP contribution in [0, 0.1) is 5.92 Å². The lowest BCUT2D eigenvalue weighted by molar-refractivity contribution is -0.131. The van der Waals surface area contributed by atoms with Crippen molar-refractivity contribution in [1.29, 1.82) is 0 Å². The van der Waals surface area contributed by atoms with Crippen LogP contribution in [0.15, 0.2) is 48.5 Å². The van der Waals surface area contributed by atoms with Crippen LogP contribution in [-0.4, -0.2) is 64.1 Å². The van der Waals surface area contributed by atoms with Crippen LogP contribution in [0.5, 0.6) is 40.2 Å². The van der Waals surface area contributed by atoms with Gasteiger partial charge < -0.3 is 38.3 Å². The Bertz CT molecular complexity index is 1590. The van der Waals surface area contributed by atoms with Crippen molar-refractivity contribution in [2.45, 2.75) is 38.4 Å². The number of rotatable bonds is 7. The van der Waals surface area contributed by atoms with E-state index in [1.54, 1.807) is 45.6 Å². The third-order valence-corrected chi connectivity index (χ3v) is 7.91. The van der Waals surface area contributed by atoms with Gasteiger partial charge in [0.1, 0.15) is 36.1 Å². The van der Waals surface area contributed by atoms with Crippen LogP contribution in [0.2, 0.25) is 0 Å². The maximum Gasteiger partial charge on any atom is 0.328 e. The Kier molecular flexibility index (Phi) is 8.89. The summed E-state index contributed by atoms with van der Waals surface area (Å²) in [7, 11) is 6.23. The number of hydrogen-bond donors (Lipinski definition) is 1. The summed E-state index contributed by atoms with van der Waals surface area (Å²) in [4.78, 5) is 23.8. The average Bonchev–Trinajstić information content (AvgIpc) is 3.48. The largest absolute Gasteiger partial charge is 0.493 e. The Morgan fingerprint density at radius 2 is 1.57 bits per heavy atom. The molecule has 0 fully saturated rings. The second kappa shape index (κ2) is 12.8. The van der Waals surface area contributed by atoms with Gasteiger partial charge in [0.15, 0.2) is 28.8 Å². The van der Waals surface area contributed by atoms with E-state index >= 15 is 0 Å². The van der Waals surface area contributed by atoms with Gasteiger partial charge in [-0.1, -0.05) is 19.9 Å². The number of ketones is 1. The van der Waals surface area contributed by atoms with E-state index in [0.717, 1.165) is 34.9 Å². The predicted molar refractivity (Wildman–Crippen MR) is 162 cm³/mol. The number of carboxylic acid groups (broad SMARTS) is 1. The molecular formula is C34H36O10. The molecule has 10 heteroatoms. The van der Waals surface area contributed by atoms with Crippen LogP contribution in [0.25, 0.3) is 6.08 Å². The van der Waals surface area contributed by atoms with E-state index in [1.165, 1.54) is 13.2 Å². The molecule has 3 aromatic rings. The van der Waals surface area contributed by atoms with E-state index in [-0.39, 0.29) is 18.0 Å². The maximum absolute atomic E-state index is 13.5. The van der Waals surface area contributed by atoms with Gasteiger partial charge in [-0.05, 0) is 47.9 Å². The quantitative estimate of drug-likeness (QED) is 0.342. The highest BCUT2D eigenvalue weighted by Gasteiger charge is 2.45. The Morgan fingerprint density at radius 1 is 0.886 bits per heavy atom. The van der Waals surface area contributed by atoms with Crippen molar-refractivity contribution >= 4 is 17.8 Å². The predicted octanol–water partition coefficient (Wildman–Crippen LogP) is 5.58. The number of carbonyl (C=O) groups is 2. The first-order valence-electron chi connectivity index (χ1n) is 14.2. The van der Waals surface area contributed by atoms with Crippen molar-refractivity contribution in [3.8, 4) is 40.2 Å². The summed E-state index contributed by atoms with van der Waals surface area (Å²) in [6, 6.07) is 12.5. The van der Waals surface area contributed by atoms with Crippen LogP contribution in [0.4, 0.5) is 0 Å². The van der Waals surface area contributed by atoms with Crippen LogP contribution in [0.3, 0.4) is 0 Å². The zero-order chi connectivity index (χ0) is 31.5. The molecule has 0 spiro atoms.